The number of carbonyl (C=O) groups is 2. The van der Waals surface area contributed by atoms with Crippen molar-refractivity contribution in [1.29, 1.82) is 0 Å². The number of halogens is 1. The maximum Gasteiger partial charge on any atom is 0.410 e. The molecule has 2 amide bonds. The van der Waals surface area contributed by atoms with Crippen LogP contribution in [0.5, 0.6) is 11.5 Å². The van der Waals surface area contributed by atoms with E-state index in [1.54, 1.807) is 12.1 Å². The monoisotopic (exact) mass is 481 g/mol. The highest BCUT2D eigenvalue weighted by Gasteiger charge is 2.40. The van der Waals surface area contributed by atoms with Gasteiger partial charge in [0.15, 0.2) is 0 Å². The quantitative estimate of drug-likeness (QED) is 0.642. The van der Waals surface area contributed by atoms with Crippen molar-refractivity contribution >= 4 is 29.3 Å². The predicted octanol–water partition coefficient (Wildman–Crippen LogP) is 4.55. The van der Waals surface area contributed by atoms with Crippen molar-refractivity contribution in [3.05, 3.63) is 17.2 Å². The lowest BCUT2D eigenvalue weighted by atomic mass is 9.94. The smallest absolute Gasteiger partial charge is 0.410 e. The van der Waals surface area contributed by atoms with E-state index in [1.807, 2.05) is 25.7 Å². The highest BCUT2D eigenvalue weighted by molar-refractivity contribution is 6.32. The van der Waals surface area contributed by atoms with Crippen LogP contribution in [-0.2, 0) is 9.53 Å². The highest BCUT2D eigenvalue weighted by Crippen LogP contribution is 2.36. The summed E-state index contributed by atoms with van der Waals surface area (Å²) in [5.41, 5.74) is -0.0248. The molecule has 33 heavy (non-hydrogen) atoms. The molecule has 0 bridgehead atoms. The van der Waals surface area contributed by atoms with Gasteiger partial charge in [-0.1, -0.05) is 18.0 Å². The van der Waals surface area contributed by atoms with Gasteiger partial charge in [-0.15, -0.1) is 0 Å². The fourth-order valence-corrected chi connectivity index (χ4v) is 4.95. The summed E-state index contributed by atoms with van der Waals surface area (Å²) in [7, 11) is 3.05. The first-order chi connectivity index (χ1) is 15.6. The van der Waals surface area contributed by atoms with E-state index in [4.69, 9.17) is 25.8 Å². The van der Waals surface area contributed by atoms with Gasteiger partial charge in [-0.25, -0.2) is 4.79 Å². The number of nitrogens with one attached hydrogen (secondary N) is 1. The van der Waals surface area contributed by atoms with Gasteiger partial charge in [-0.2, -0.15) is 0 Å². The third kappa shape index (κ3) is 6.44. The molecule has 2 heterocycles. The summed E-state index contributed by atoms with van der Waals surface area (Å²) in [6, 6.07) is 3.46. The molecule has 2 aliphatic rings. The third-order valence-electron chi connectivity index (χ3n) is 6.13. The zero-order chi connectivity index (χ0) is 24.2. The maximum absolute atomic E-state index is 13.0. The number of ether oxygens (including phenoxy) is 3. The molecule has 8 nitrogen and oxygen atoms in total. The number of piperidine rings is 1. The van der Waals surface area contributed by atoms with Gasteiger partial charge in [0.25, 0.3) is 0 Å². The van der Waals surface area contributed by atoms with Crippen molar-refractivity contribution in [3.8, 4) is 11.5 Å². The summed E-state index contributed by atoms with van der Waals surface area (Å²) in [6.07, 6.45) is 4.67. The van der Waals surface area contributed by atoms with Crippen molar-refractivity contribution in [3.63, 3.8) is 0 Å². The second-order valence-corrected chi connectivity index (χ2v) is 10.1. The number of likely N-dealkylation sites (tertiary alicyclic amines) is 2. The van der Waals surface area contributed by atoms with E-state index in [2.05, 4.69) is 10.2 Å². The van der Waals surface area contributed by atoms with E-state index in [0.717, 1.165) is 38.6 Å². The van der Waals surface area contributed by atoms with Gasteiger partial charge in [0.1, 0.15) is 17.1 Å². The summed E-state index contributed by atoms with van der Waals surface area (Å²) < 4.78 is 16.3. The molecule has 184 valence electrons. The van der Waals surface area contributed by atoms with Crippen molar-refractivity contribution in [2.24, 2.45) is 0 Å². The molecule has 2 saturated heterocycles. The van der Waals surface area contributed by atoms with Crippen molar-refractivity contribution < 1.29 is 23.8 Å². The molecule has 1 aromatic rings. The summed E-state index contributed by atoms with van der Waals surface area (Å²) in [4.78, 5) is 29.9. The molecule has 9 heteroatoms. The Balaban J connectivity index is 1.71. The molecule has 0 saturated carbocycles. The number of hydrogen-bond donors (Lipinski definition) is 1. The van der Waals surface area contributed by atoms with Gasteiger partial charge in [0.05, 0.1) is 37.5 Å². The number of amides is 2. The number of methoxy groups -OCH3 is 2. The number of hydrogen-bond acceptors (Lipinski definition) is 6. The summed E-state index contributed by atoms with van der Waals surface area (Å²) >= 11 is 6.18. The minimum atomic E-state index is -0.533. The normalized spacial score (nSPS) is 21.6. The average Bonchev–Trinajstić information content (AvgIpc) is 3.23. The van der Waals surface area contributed by atoms with Crippen molar-refractivity contribution in [2.45, 2.75) is 70.6 Å². The Labute approximate surface area is 201 Å². The molecular weight excluding hydrogens is 446 g/mol. The molecule has 2 fully saturated rings. The first kappa shape index (κ1) is 25.4. The van der Waals surface area contributed by atoms with E-state index >= 15 is 0 Å². The second kappa shape index (κ2) is 10.8. The Morgan fingerprint density at radius 2 is 1.73 bits per heavy atom. The van der Waals surface area contributed by atoms with Crippen LogP contribution >= 0.6 is 11.6 Å². The van der Waals surface area contributed by atoms with Crippen LogP contribution in [0.25, 0.3) is 0 Å². The van der Waals surface area contributed by atoms with Crippen LogP contribution in [0.1, 0.15) is 52.9 Å². The first-order valence-electron chi connectivity index (χ1n) is 11.6. The molecule has 2 atom stereocenters. The molecule has 0 radical (unpaired) electrons. The van der Waals surface area contributed by atoms with Crippen LogP contribution in [-0.4, -0.2) is 73.3 Å². The largest absolute Gasteiger partial charge is 0.495 e. The first-order valence-corrected chi connectivity index (χ1v) is 12.0. The van der Waals surface area contributed by atoms with Crippen LogP contribution in [0.2, 0.25) is 5.02 Å². The second-order valence-electron chi connectivity index (χ2n) is 9.65. The summed E-state index contributed by atoms with van der Waals surface area (Å²) in [5, 5.41) is 3.35. The van der Waals surface area contributed by atoms with Crippen LogP contribution in [0.4, 0.5) is 10.5 Å². The van der Waals surface area contributed by atoms with E-state index in [0.29, 0.717) is 28.8 Å². The van der Waals surface area contributed by atoms with Gasteiger partial charge < -0.3 is 24.4 Å². The Morgan fingerprint density at radius 3 is 2.39 bits per heavy atom. The lowest BCUT2D eigenvalue weighted by molar-refractivity contribution is -0.118. The molecule has 1 aromatic carbocycles. The predicted molar refractivity (Wildman–Crippen MR) is 128 cm³/mol. The molecule has 0 spiro atoms. The Hall–Kier alpha value is -2.19. The molecular formula is C24H36ClN3O5. The highest BCUT2D eigenvalue weighted by atomic mass is 35.5. The summed E-state index contributed by atoms with van der Waals surface area (Å²) in [5.74, 6) is 0.783. The SMILES string of the molecule is COc1cc(NC(=O)CN2CCCC[C@H]2[C@H]2CCCN2C(=O)OC(C)(C)C)c(OC)cc1Cl. The fourth-order valence-electron chi connectivity index (χ4n) is 4.72. The molecule has 0 unspecified atom stereocenters. The van der Waals surface area contributed by atoms with Crippen LogP contribution in [0, 0.1) is 0 Å². The summed E-state index contributed by atoms with van der Waals surface area (Å²) in [6.45, 7) is 7.39. The lowest BCUT2D eigenvalue weighted by Crippen LogP contribution is -2.55. The van der Waals surface area contributed by atoms with Gasteiger partial charge in [0, 0.05) is 24.7 Å². The van der Waals surface area contributed by atoms with E-state index < -0.39 is 5.60 Å². The number of rotatable bonds is 6. The lowest BCUT2D eigenvalue weighted by Gasteiger charge is -2.42. The molecule has 3 rings (SSSR count). The van der Waals surface area contributed by atoms with Gasteiger partial charge >= 0.3 is 6.09 Å². The van der Waals surface area contributed by atoms with E-state index in [9.17, 15) is 9.59 Å². The minimum Gasteiger partial charge on any atom is -0.495 e. The van der Waals surface area contributed by atoms with Gasteiger partial charge in [0.2, 0.25) is 5.91 Å². The molecule has 0 aliphatic carbocycles. The van der Waals surface area contributed by atoms with Gasteiger partial charge in [-0.05, 0) is 53.0 Å². The Morgan fingerprint density at radius 1 is 1.03 bits per heavy atom. The number of anilines is 1. The zero-order valence-corrected chi connectivity index (χ0v) is 21.0. The van der Waals surface area contributed by atoms with E-state index in [-0.39, 0.29) is 30.6 Å². The van der Waals surface area contributed by atoms with Crippen LogP contribution in [0.3, 0.4) is 0 Å². The number of carbonyl (C=O) groups excluding carboxylic acids is 2. The number of nitrogens with zero attached hydrogens (tertiary/aromatic N) is 2. The average molecular weight is 482 g/mol. The van der Waals surface area contributed by atoms with Crippen LogP contribution < -0.4 is 14.8 Å². The molecule has 0 aromatic heterocycles. The third-order valence-corrected chi connectivity index (χ3v) is 6.43. The van der Waals surface area contributed by atoms with Crippen molar-refractivity contribution in [2.75, 3.05) is 39.2 Å². The maximum atomic E-state index is 13.0. The Bertz CT molecular complexity index is 857. The number of benzene rings is 1. The fraction of sp³-hybridized carbons (Fsp3) is 0.667. The van der Waals surface area contributed by atoms with E-state index in [1.165, 1.54) is 14.2 Å². The standard InChI is InChI=1S/C24H36ClN3O5/c1-24(2,3)33-23(30)28-12-8-10-19(28)18-9-6-7-11-27(18)15-22(29)26-17-14-20(31-4)16(25)13-21(17)32-5/h13-14,18-19H,6-12,15H2,1-5H3,(H,26,29)/t18-,19+/m0/s1. The van der Waals surface area contributed by atoms with Crippen LogP contribution in [0.15, 0.2) is 12.1 Å². The molecule has 2 aliphatic heterocycles. The Kier molecular flexibility index (Phi) is 8.34. The van der Waals surface area contributed by atoms with Crippen molar-refractivity contribution in [1.82, 2.24) is 9.80 Å². The topological polar surface area (TPSA) is 80.3 Å². The molecule has 1 N–H and O–H groups in total. The zero-order valence-electron chi connectivity index (χ0n) is 20.3. The van der Waals surface area contributed by atoms with Gasteiger partial charge in [-0.3, -0.25) is 9.69 Å². The minimum absolute atomic E-state index is 0.0538.